The van der Waals surface area contributed by atoms with Crippen LogP contribution in [0.2, 0.25) is 0 Å². The molecule has 0 heterocycles. The highest BCUT2D eigenvalue weighted by molar-refractivity contribution is 5.80. The maximum Gasteiger partial charge on any atom is 0.0687 e. The largest absolute Gasteiger partial charge is 0.392 e. The zero-order chi connectivity index (χ0) is 12.4. The quantitative estimate of drug-likeness (QED) is 0.779. The summed E-state index contributed by atoms with van der Waals surface area (Å²) in [5, 5.41) is 9.58. The van der Waals surface area contributed by atoms with Crippen molar-refractivity contribution in [2.24, 2.45) is 5.92 Å². The van der Waals surface area contributed by atoms with Crippen LogP contribution in [0.1, 0.15) is 30.9 Å². The third kappa shape index (κ3) is 2.50. The first kappa shape index (κ1) is 12.1. The number of aryl methyl sites for hydroxylation is 1. The van der Waals surface area contributed by atoms with Gasteiger partial charge < -0.3 is 5.11 Å². The minimum Gasteiger partial charge on any atom is -0.392 e. The van der Waals surface area contributed by atoms with Crippen molar-refractivity contribution >= 4 is 5.57 Å². The van der Waals surface area contributed by atoms with Crippen LogP contribution in [0.25, 0.3) is 5.57 Å². The summed E-state index contributed by atoms with van der Waals surface area (Å²) >= 11 is 0. The van der Waals surface area contributed by atoms with Gasteiger partial charge in [-0.15, -0.1) is 0 Å². The van der Waals surface area contributed by atoms with Crippen molar-refractivity contribution in [2.45, 2.75) is 26.7 Å². The number of rotatable bonds is 4. The Morgan fingerprint density at radius 2 is 2.00 bits per heavy atom. The second kappa shape index (κ2) is 4.89. The molecule has 1 aliphatic carbocycles. The molecule has 0 amide bonds. The molecule has 1 aromatic rings. The van der Waals surface area contributed by atoms with E-state index >= 15 is 0 Å². The van der Waals surface area contributed by atoms with Gasteiger partial charge in [-0.05, 0) is 54.9 Å². The lowest BCUT2D eigenvalue weighted by molar-refractivity contribution is 0.334. The van der Waals surface area contributed by atoms with Crippen LogP contribution in [0.4, 0.5) is 0 Å². The molecular weight excluding hydrogens is 208 g/mol. The van der Waals surface area contributed by atoms with Gasteiger partial charge in [0, 0.05) is 0 Å². The molecule has 0 aliphatic heterocycles. The van der Waals surface area contributed by atoms with Crippen molar-refractivity contribution < 1.29 is 5.11 Å². The summed E-state index contributed by atoms with van der Waals surface area (Å²) < 4.78 is 0. The highest BCUT2D eigenvalue weighted by atomic mass is 16.3. The lowest BCUT2D eigenvalue weighted by atomic mass is 9.92. The van der Waals surface area contributed by atoms with E-state index in [0.717, 1.165) is 16.7 Å². The first-order chi connectivity index (χ1) is 8.15. The third-order valence-corrected chi connectivity index (χ3v) is 3.66. The van der Waals surface area contributed by atoms with Gasteiger partial charge in [0.2, 0.25) is 0 Å². The minimum atomic E-state index is 0.0928. The average Bonchev–Trinajstić information content (AvgIpc) is 3.14. The predicted octanol–water partition coefficient (Wildman–Crippen LogP) is 3.73. The molecule has 0 radical (unpaired) electrons. The Bertz CT molecular complexity index is 464. The van der Waals surface area contributed by atoms with Crippen LogP contribution in [0.3, 0.4) is 0 Å². The van der Waals surface area contributed by atoms with E-state index in [9.17, 15) is 5.11 Å². The third-order valence-electron chi connectivity index (χ3n) is 3.66. The standard InChI is InChI=1S/C16H20O/c1-11-6-4-5-7-15(11)13(3)16(10-17)12(2)14-8-9-14/h4-7,14,17H,3,8-10H2,1-2H3/b16-12+. The number of aliphatic hydroxyl groups is 1. The SMILES string of the molecule is C=C(/C(CO)=C(\C)C1CC1)c1ccccc1C. The van der Waals surface area contributed by atoms with E-state index in [4.69, 9.17) is 0 Å². The topological polar surface area (TPSA) is 20.2 Å². The zero-order valence-electron chi connectivity index (χ0n) is 10.7. The smallest absolute Gasteiger partial charge is 0.0687 e. The monoisotopic (exact) mass is 228 g/mol. The summed E-state index contributed by atoms with van der Waals surface area (Å²) in [6, 6.07) is 8.21. The normalized spacial score (nSPS) is 16.6. The molecule has 1 heteroatoms. The van der Waals surface area contributed by atoms with Gasteiger partial charge in [-0.1, -0.05) is 36.4 Å². The molecule has 1 saturated carbocycles. The van der Waals surface area contributed by atoms with Crippen molar-refractivity contribution in [1.29, 1.82) is 0 Å². The summed E-state index contributed by atoms with van der Waals surface area (Å²) in [5.41, 5.74) is 5.70. The molecule has 0 aromatic heterocycles. The zero-order valence-corrected chi connectivity index (χ0v) is 10.7. The molecule has 0 unspecified atom stereocenters. The molecule has 0 bridgehead atoms. The van der Waals surface area contributed by atoms with E-state index in [1.807, 2.05) is 12.1 Å². The molecular formula is C16H20O. The van der Waals surface area contributed by atoms with Crippen molar-refractivity contribution in [2.75, 3.05) is 6.61 Å². The van der Waals surface area contributed by atoms with E-state index in [1.165, 1.54) is 24.0 Å². The van der Waals surface area contributed by atoms with Crippen molar-refractivity contribution in [3.8, 4) is 0 Å². The van der Waals surface area contributed by atoms with Crippen LogP contribution in [-0.4, -0.2) is 11.7 Å². The summed E-state index contributed by atoms with van der Waals surface area (Å²) in [4.78, 5) is 0. The molecule has 1 aliphatic rings. The predicted molar refractivity (Wildman–Crippen MR) is 72.7 cm³/mol. The Morgan fingerprint density at radius 1 is 1.35 bits per heavy atom. The molecule has 90 valence electrons. The fourth-order valence-electron chi connectivity index (χ4n) is 2.29. The van der Waals surface area contributed by atoms with Crippen molar-refractivity contribution in [3.05, 3.63) is 53.1 Å². The van der Waals surface area contributed by atoms with E-state index in [-0.39, 0.29) is 6.61 Å². The second-order valence-electron chi connectivity index (χ2n) is 4.89. The van der Waals surface area contributed by atoms with Gasteiger partial charge in [0.15, 0.2) is 0 Å². The van der Waals surface area contributed by atoms with Crippen LogP contribution in [0, 0.1) is 12.8 Å². The molecule has 17 heavy (non-hydrogen) atoms. The number of aliphatic hydroxyl groups excluding tert-OH is 1. The molecule has 1 fully saturated rings. The fraction of sp³-hybridized carbons (Fsp3) is 0.375. The first-order valence-corrected chi connectivity index (χ1v) is 6.21. The van der Waals surface area contributed by atoms with Gasteiger partial charge in [-0.3, -0.25) is 0 Å². The Kier molecular flexibility index (Phi) is 3.49. The van der Waals surface area contributed by atoms with E-state index in [2.05, 4.69) is 32.6 Å². The maximum absolute atomic E-state index is 9.58. The van der Waals surface area contributed by atoms with Gasteiger partial charge in [-0.25, -0.2) is 0 Å². The molecule has 1 aromatic carbocycles. The number of allylic oxidation sites excluding steroid dienone is 1. The fourth-order valence-corrected chi connectivity index (χ4v) is 2.29. The lowest BCUT2D eigenvalue weighted by Crippen LogP contribution is -2.00. The average molecular weight is 228 g/mol. The van der Waals surface area contributed by atoms with Gasteiger partial charge in [0.25, 0.3) is 0 Å². The molecule has 1 nitrogen and oxygen atoms in total. The first-order valence-electron chi connectivity index (χ1n) is 6.21. The van der Waals surface area contributed by atoms with Crippen LogP contribution in [0.15, 0.2) is 42.0 Å². The summed E-state index contributed by atoms with van der Waals surface area (Å²) in [6.45, 7) is 8.48. The van der Waals surface area contributed by atoms with Gasteiger partial charge in [0.05, 0.1) is 6.61 Å². The molecule has 0 saturated heterocycles. The molecule has 0 spiro atoms. The summed E-state index contributed by atoms with van der Waals surface area (Å²) in [7, 11) is 0. The number of hydrogen-bond acceptors (Lipinski definition) is 1. The van der Waals surface area contributed by atoms with Gasteiger partial charge in [0.1, 0.15) is 0 Å². The Hall–Kier alpha value is -1.34. The number of benzene rings is 1. The number of hydrogen-bond donors (Lipinski definition) is 1. The van der Waals surface area contributed by atoms with E-state index < -0.39 is 0 Å². The highest BCUT2D eigenvalue weighted by Crippen LogP contribution is 2.40. The summed E-state index contributed by atoms with van der Waals surface area (Å²) in [6.07, 6.45) is 2.52. The molecule has 1 N–H and O–H groups in total. The molecule has 2 rings (SSSR count). The van der Waals surface area contributed by atoms with E-state index in [1.54, 1.807) is 0 Å². The van der Waals surface area contributed by atoms with Crippen LogP contribution in [0.5, 0.6) is 0 Å². The Morgan fingerprint density at radius 3 is 2.53 bits per heavy atom. The Labute approximate surface area is 103 Å². The van der Waals surface area contributed by atoms with Crippen molar-refractivity contribution in [3.63, 3.8) is 0 Å². The lowest BCUT2D eigenvalue weighted by Gasteiger charge is -2.14. The van der Waals surface area contributed by atoms with Crippen molar-refractivity contribution in [1.82, 2.24) is 0 Å². The van der Waals surface area contributed by atoms with Crippen LogP contribution >= 0.6 is 0 Å². The Balaban J connectivity index is 2.36. The van der Waals surface area contributed by atoms with Crippen LogP contribution in [-0.2, 0) is 0 Å². The van der Waals surface area contributed by atoms with Crippen LogP contribution < -0.4 is 0 Å². The highest BCUT2D eigenvalue weighted by Gasteiger charge is 2.26. The minimum absolute atomic E-state index is 0.0928. The summed E-state index contributed by atoms with van der Waals surface area (Å²) in [5.74, 6) is 0.679. The second-order valence-corrected chi connectivity index (χ2v) is 4.89. The molecule has 0 atom stereocenters. The maximum atomic E-state index is 9.58. The van der Waals surface area contributed by atoms with E-state index in [0.29, 0.717) is 5.92 Å². The van der Waals surface area contributed by atoms with Gasteiger partial charge >= 0.3 is 0 Å². The van der Waals surface area contributed by atoms with Gasteiger partial charge in [-0.2, -0.15) is 0 Å².